The van der Waals surface area contributed by atoms with Crippen LogP contribution in [0.5, 0.6) is 0 Å². The molecule has 0 heterocycles. The third-order valence-corrected chi connectivity index (χ3v) is 2.20. The Labute approximate surface area is 85.5 Å². The Hall–Kier alpha value is -1.32. The predicted molar refractivity (Wildman–Crippen MR) is 52.7 cm³/mol. The van der Waals surface area contributed by atoms with E-state index in [0.29, 0.717) is 0 Å². The van der Waals surface area contributed by atoms with E-state index in [9.17, 15) is 0 Å². The number of nitrogens with zero attached hydrogens (tertiary/aromatic N) is 2. The number of hydrogen-bond donors (Lipinski definition) is 0. The molecule has 2 nitrogen and oxygen atoms in total. The summed E-state index contributed by atoms with van der Waals surface area (Å²) in [7, 11) is 0. The van der Waals surface area contributed by atoms with Crippen molar-refractivity contribution >= 4 is 15.9 Å². The molecule has 1 aromatic carbocycles. The maximum atomic E-state index is 8.79. The summed E-state index contributed by atoms with van der Waals surface area (Å²) in [6.45, 7) is 0. The van der Waals surface area contributed by atoms with Crippen LogP contribution in [0.1, 0.15) is 17.9 Å². The Morgan fingerprint density at radius 3 is 2.69 bits per heavy atom. The number of benzene rings is 1. The fraction of sp³-hybridized carbons (Fsp3) is 0.200. The minimum atomic E-state index is -0.317. The van der Waals surface area contributed by atoms with Gasteiger partial charge in [0.25, 0.3) is 0 Å². The molecule has 1 atom stereocenters. The largest absolute Gasteiger partial charge is 0.198 e. The Bertz CT molecular complexity index is 373. The first kappa shape index (κ1) is 9.77. The molecular weight excluding hydrogens is 228 g/mol. The standard InChI is InChI=1S/C10H7BrN2/c11-10-3-1-2-8(6-10)9(7-13)4-5-12/h1-3,6,9H,4H2. The van der Waals surface area contributed by atoms with Crippen molar-refractivity contribution in [3.8, 4) is 12.1 Å². The highest BCUT2D eigenvalue weighted by Gasteiger charge is 2.09. The summed E-state index contributed by atoms with van der Waals surface area (Å²) in [5, 5.41) is 17.3. The lowest BCUT2D eigenvalue weighted by Crippen LogP contribution is -1.93. The fourth-order valence-corrected chi connectivity index (χ4v) is 1.47. The molecule has 0 radical (unpaired) electrons. The zero-order chi connectivity index (χ0) is 9.68. The van der Waals surface area contributed by atoms with Crippen LogP contribution in [-0.4, -0.2) is 0 Å². The van der Waals surface area contributed by atoms with Gasteiger partial charge in [0.05, 0.1) is 24.5 Å². The molecule has 0 spiro atoms. The summed E-state index contributed by atoms with van der Waals surface area (Å²) >= 11 is 3.32. The van der Waals surface area contributed by atoms with Gasteiger partial charge in [-0.25, -0.2) is 0 Å². The fourth-order valence-electron chi connectivity index (χ4n) is 1.05. The summed E-state index contributed by atoms with van der Waals surface area (Å²) < 4.78 is 0.934. The van der Waals surface area contributed by atoms with Crippen molar-refractivity contribution in [2.45, 2.75) is 12.3 Å². The summed E-state index contributed by atoms with van der Waals surface area (Å²) in [5.41, 5.74) is 0.887. The van der Waals surface area contributed by atoms with Gasteiger partial charge in [0.1, 0.15) is 0 Å². The summed E-state index contributed by atoms with van der Waals surface area (Å²) in [5.74, 6) is -0.317. The van der Waals surface area contributed by atoms with Crippen molar-refractivity contribution in [3.63, 3.8) is 0 Å². The van der Waals surface area contributed by atoms with Crippen LogP contribution in [0.3, 0.4) is 0 Å². The van der Waals surface area contributed by atoms with Crippen molar-refractivity contribution in [1.82, 2.24) is 0 Å². The minimum Gasteiger partial charge on any atom is -0.198 e. The van der Waals surface area contributed by atoms with Crippen molar-refractivity contribution in [2.24, 2.45) is 0 Å². The van der Waals surface area contributed by atoms with Gasteiger partial charge in [0.2, 0.25) is 0 Å². The van der Waals surface area contributed by atoms with E-state index in [1.54, 1.807) is 0 Å². The molecule has 0 fully saturated rings. The van der Waals surface area contributed by atoms with Crippen molar-refractivity contribution < 1.29 is 0 Å². The molecule has 13 heavy (non-hydrogen) atoms. The van der Waals surface area contributed by atoms with E-state index in [-0.39, 0.29) is 12.3 Å². The Morgan fingerprint density at radius 1 is 1.38 bits per heavy atom. The summed E-state index contributed by atoms with van der Waals surface area (Å²) in [6.07, 6.45) is 0.243. The molecule has 0 bridgehead atoms. The van der Waals surface area contributed by atoms with Crippen LogP contribution in [0.25, 0.3) is 0 Å². The highest BCUT2D eigenvalue weighted by Crippen LogP contribution is 2.21. The zero-order valence-electron chi connectivity index (χ0n) is 6.87. The van der Waals surface area contributed by atoms with Gasteiger partial charge in [-0.3, -0.25) is 0 Å². The zero-order valence-corrected chi connectivity index (χ0v) is 8.45. The van der Waals surface area contributed by atoms with Crippen LogP contribution < -0.4 is 0 Å². The van der Waals surface area contributed by atoms with Crippen molar-refractivity contribution in [3.05, 3.63) is 34.3 Å². The monoisotopic (exact) mass is 234 g/mol. The SMILES string of the molecule is N#CCC(C#N)c1cccc(Br)c1. The molecule has 0 aliphatic heterocycles. The van der Waals surface area contributed by atoms with Crippen LogP contribution in [0.4, 0.5) is 0 Å². The van der Waals surface area contributed by atoms with E-state index in [1.165, 1.54) is 0 Å². The lowest BCUT2D eigenvalue weighted by molar-refractivity contribution is 0.886. The molecule has 0 saturated carbocycles. The molecule has 3 heteroatoms. The van der Waals surface area contributed by atoms with Gasteiger partial charge in [0.15, 0.2) is 0 Å². The number of rotatable bonds is 2. The van der Waals surface area contributed by atoms with Gasteiger partial charge >= 0.3 is 0 Å². The van der Waals surface area contributed by atoms with E-state index in [0.717, 1.165) is 10.0 Å². The Kier molecular flexibility index (Phi) is 3.49. The van der Waals surface area contributed by atoms with Crippen LogP contribution in [0.15, 0.2) is 28.7 Å². The molecule has 0 saturated heterocycles. The molecule has 1 unspecified atom stereocenters. The lowest BCUT2D eigenvalue weighted by atomic mass is 9.98. The first-order valence-electron chi connectivity index (χ1n) is 3.80. The molecular formula is C10H7BrN2. The number of hydrogen-bond acceptors (Lipinski definition) is 2. The maximum Gasteiger partial charge on any atom is 0.0842 e. The molecule has 1 rings (SSSR count). The summed E-state index contributed by atoms with van der Waals surface area (Å²) in [4.78, 5) is 0. The van der Waals surface area contributed by atoms with Gasteiger partial charge in [0, 0.05) is 4.47 Å². The van der Waals surface area contributed by atoms with E-state index in [1.807, 2.05) is 30.3 Å². The normalized spacial score (nSPS) is 11.3. The average Bonchev–Trinajstić information content (AvgIpc) is 2.14. The molecule has 64 valence electrons. The van der Waals surface area contributed by atoms with Gasteiger partial charge in [-0.1, -0.05) is 28.1 Å². The summed E-state index contributed by atoms with van der Waals surface area (Å²) in [6, 6.07) is 11.6. The highest BCUT2D eigenvalue weighted by atomic mass is 79.9. The number of halogens is 1. The second-order valence-corrected chi connectivity index (χ2v) is 3.51. The predicted octanol–water partition coefficient (Wildman–Crippen LogP) is 2.97. The molecule has 0 aliphatic carbocycles. The van der Waals surface area contributed by atoms with Gasteiger partial charge in [-0.05, 0) is 17.7 Å². The molecule has 1 aromatic rings. The molecule has 0 amide bonds. The molecule has 0 aliphatic rings. The van der Waals surface area contributed by atoms with Crippen LogP contribution in [0.2, 0.25) is 0 Å². The quantitative estimate of drug-likeness (QED) is 0.790. The number of nitriles is 2. The van der Waals surface area contributed by atoms with Crippen LogP contribution in [0, 0.1) is 22.7 Å². The van der Waals surface area contributed by atoms with E-state index in [4.69, 9.17) is 10.5 Å². The van der Waals surface area contributed by atoms with E-state index >= 15 is 0 Å². The second kappa shape index (κ2) is 4.64. The Morgan fingerprint density at radius 2 is 2.15 bits per heavy atom. The van der Waals surface area contributed by atoms with E-state index in [2.05, 4.69) is 22.0 Å². The Balaban J connectivity index is 2.94. The third kappa shape index (κ3) is 2.57. The van der Waals surface area contributed by atoms with Crippen molar-refractivity contribution in [2.75, 3.05) is 0 Å². The first-order valence-corrected chi connectivity index (χ1v) is 4.59. The first-order chi connectivity index (χ1) is 6.27. The maximum absolute atomic E-state index is 8.79. The van der Waals surface area contributed by atoms with Crippen LogP contribution >= 0.6 is 15.9 Å². The lowest BCUT2D eigenvalue weighted by Gasteiger charge is -2.04. The van der Waals surface area contributed by atoms with Crippen LogP contribution in [-0.2, 0) is 0 Å². The third-order valence-electron chi connectivity index (χ3n) is 1.70. The molecule has 0 aromatic heterocycles. The van der Waals surface area contributed by atoms with Crippen molar-refractivity contribution in [1.29, 1.82) is 10.5 Å². The average molecular weight is 235 g/mol. The minimum absolute atomic E-state index is 0.243. The topological polar surface area (TPSA) is 47.6 Å². The molecule has 0 N–H and O–H groups in total. The smallest absolute Gasteiger partial charge is 0.0842 e. The van der Waals surface area contributed by atoms with Gasteiger partial charge in [-0.15, -0.1) is 0 Å². The van der Waals surface area contributed by atoms with Gasteiger partial charge in [-0.2, -0.15) is 10.5 Å². The van der Waals surface area contributed by atoms with E-state index < -0.39 is 0 Å². The second-order valence-electron chi connectivity index (χ2n) is 2.60. The van der Waals surface area contributed by atoms with Gasteiger partial charge < -0.3 is 0 Å². The highest BCUT2D eigenvalue weighted by molar-refractivity contribution is 9.10.